The van der Waals surface area contributed by atoms with Gasteiger partial charge in [-0.2, -0.15) is 0 Å². The molecule has 0 aliphatic rings. The van der Waals surface area contributed by atoms with Gasteiger partial charge in [0.2, 0.25) is 0 Å². The van der Waals surface area contributed by atoms with Gasteiger partial charge in [0.05, 0.1) is 26.4 Å². The van der Waals surface area contributed by atoms with E-state index in [1.807, 2.05) is 0 Å². The summed E-state index contributed by atoms with van der Waals surface area (Å²) in [6.45, 7) is 4.81. The smallest absolute Gasteiger partial charge is 0.462 e. The quantitative estimate of drug-likeness (QED) is 0.0169. The number of hydrogen-bond donors (Lipinski definition) is 3. The minimum absolute atomic E-state index is 0.0930. The summed E-state index contributed by atoms with van der Waals surface area (Å²) in [6.07, 6.45) is 80.0. The lowest BCUT2D eigenvalue weighted by molar-refractivity contribution is -0.161. The molecule has 0 aliphatic heterocycles. The van der Waals surface area contributed by atoms with E-state index in [4.69, 9.17) is 37.0 Å². The normalized spacial score (nSPS) is 14.2. The van der Waals surface area contributed by atoms with Crippen LogP contribution >= 0.6 is 15.6 Å². The first-order valence-electron chi connectivity index (χ1n) is 42.2. The number of carbonyl (C=O) groups is 4. The van der Waals surface area contributed by atoms with E-state index in [1.54, 1.807) is 0 Å². The van der Waals surface area contributed by atoms with Crippen molar-refractivity contribution in [2.75, 3.05) is 39.6 Å². The molecule has 0 aromatic heterocycles. The number of esters is 4. The first-order valence-corrected chi connectivity index (χ1v) is 45.2. The van der Waals surface area contributed by atoms with E-state index in [-0.39, 0.29) is 25.7 Å². The number of unbranched alkanes of at least 4 members (excludes halogenated alkanes) is 42. The Morgan fingerprint density at radius 3 is 0.798 bits per heavy atom. The van der Waals surface area contributed by atoms with Crippen LogP contribution in [0.4, 0.5) is 0 Å². The largest absolute Gasteiger partial charge is 0.472 e. The summed E-state index contributed by atoms with van der Waals surface area (Å²) in [4.78, 5) is 73.1. The van der Waals surface area contributed by atoms with Gasteiger partial charge in [-0.15, -0.1) is 0 Å². The van der Waals surface area contributed by atoms with E-state index in [0.717, 1.165) is 148 Å². The Morgan fingerprint density at radius 2 is 0.500 bits per heavy atom. The molecule has 19 heteroatoms. The molecule has 0 heterocycles. The van der Waals surface area contributed by atoms with Crippen LogP contribution in [0, 0.1) is 0 Å². The van der Waals surface area contributed by atoms with Gasteiger partial charge in [0, 0.05) is 25.7 Å². The highest BCUT2D eigenvalue weighted by atomic mass is 31.2. The third-order valence-corrected chi connectivity index (χ3v) is 20.1. The molecule has 0 aromatic rings. The minimum Gasteiger partial charge on any atom is -0.462 e. The molecule has 2 unspecified atom stereocenters. The molecule has 17 nitrogen and oxygen atoms in total. The van der Waals surface area contributed by atoms with E-state index in [1.165, 1.54) is 161 Å². The third-order valence-electron chi connectivity index (χ3n) is 18.2. The van der Waals surface area contributed by atoms with Crippen LogP contribution in [-0.4, -0.2) is 96.7 Å². The van der Waals surface area contributed by atoms with Gasteiger partial charge in [-0.3, -0.25) is 37.3 Å². The maximum absolute atomic E-state index is 13.1. The number of phosphoric ester groups is 2. The Balaban J connectivity index is 5.35. The van der Waals surface area contributed by atoms with Crippen LogP contribution in [0.25, 0.3) is 0 Å². The van der Waals surface area contributed by atoms with Crippen molar-refractivity contribution < 1.29 is 80.2 Å². The number of allylic oxidation sites excluding steroid dienone is 12. The molecule has 0 amide bonds. The van der Waals surface area contributed by atoms with Crippen LogP contribution in [0.3, 0.4) is 0 Å². The Hall–Kier alpha value is -3.50. The number of aliphatic hydroxyl groups excluding tert-OH is 1. The fourth-order valence-corrected chi connectivity index (χ4v) is 13.4. The number of ether oxygens (including phenoxy) is 4. The Labute approximate surface area is 634 Å². The number of aliphatic hydroxyl groups is 1. The van der Waals surface area contributed by atoms with Gasteiger partial charge in [-0.05, 0) is 96.3 Å². The van der Waals surface area contributed by atoms with Crippen LogP contribution < -0.4 is 0 Å². The minimum atomic E-state index is -4.98. The molecule has 0 aromatic carbocycles. The monoisotopic (exact) mass is 1510 g/mol. The number of phosphoric acid groups is 2. The second-order valence-electron chi connectivity index (χ2n) is 28.4. The van der Waals surface area contributed by atoms with Crippen molar-refractivity contribution in [3.63, 3.8) is 0 Å². The lowest BCUT2D eigenvalue weighted by Crippen LogP contribution is -2.30. The predicted molar refractivity (Wildman–Crippen MR) is 427 cm³/mol. The van der Waals surface area contributed by atoms with Gasteiger partial charge >= 0.3 is 39.5 Å². The second-order valence-corrected chi connectivity index (χ2v) is 31.3. The highest BCUT2D eigenvalue weighted by molar-refractivity contribution is 7.47. The molecule has 0 saturated heterocycles. The maximum atomic E-state index is 13.1. The average molecular weight is 1510 g/mol. The molecule has 606 valence electrons. The summed E-state index contributed by atoms with van der Waals surface area (Å²) in [5.41, 5.74) is 0. The highest BCUT2D eigenvalue weighted by Crippen LogP contribution is 2.45. The van der Waals surface area contributed by atoms with Crippen molar-refractivity contribution in [3.05, 3.63) is 72.9 Å². The zero-order valence-electron chi connectivity index (χ0n) is 66.5. The van der Waals surface area contributed by atoms with E-state index in [9.17, 15) is 43.2 Å². The summed E-state index contributed by atoms with van der Waals surface area (Å²) in [5, 5.41) is 10.7. The van der Waals surface area contributed by atoms with E-state index >= 15 is 0 Å². The average Bonchev–Trinajstić information content (AvgIpc) is 0.918. The van der Waals surface area contributed by atoms with Gasteiger partial charge in [0.15, 0.2) is 12.2 Å². The third kappa shape index (κ3) is 76.7. The van der Waals surface area contributed by atoms with Gasteiger partial charge in [-0.1, -0.05) is 338 Å². The summed E-state index contributed by atoms with van der Waals surface area (Å²) in [7, 11) is -9.95. The molecular weight excluding hydrogens is 1350 g/mol. The summed E-state index contributed by atoms with van der Waals surface area (Å²) < 4.78 is 68.8. The fourth-order valence-electron chi connectivity index (χ4n) is 11.8. The van der Waals surface area contributed by atoms with Crippen molar-refractivity contribution in [1.29, 1.82) is 0 Å². The van der Waals surface area contributed by atoms with E-state index in [0.29, 0.717) is 25.7 Å². The molecule has 0 bridgehead atoms. The Bertz CT molecular complexity index is 2250. The lowest BCUT2D eigenvalue weighted by atomic mass is 10.0. The first kappa shape index (κ1) is 100. The molecule has 104 heavy (non-hydrogen) atoms. The highest BCUT2D eigenvalue weighted by Gasteiger charge is 2.30. The first-order chi connectivity index (χ1) is 50.7. The topological polar surface area (TPSA) is 237 Å². The Morgan fingerprint density at radius 1 is 0.279 bits per heavy atom. The standard InChI is InChI=1S/C85H154O17P2/c1-5-9-13-17-21-25-29-33-37-38-39-40-44-46-50-54-58-62-66-70-83(88)96-76-81(102-85(90)72-68-64-60-56-52-48-43-36-32-28-24-20-16-12-8-4)78-100-104(93,94)98-74-79(86)73-97-103(91,92)99-77-80(101-84(89)71-67-63-59-55-51-47-42-35-31-27-23-19-15-11-7-3)75-95-82(87)69-65-61-57-53-49-45-41-34-30-26-22-18-14-10-6-2/h9,13,21,25,27,31,33,37,39-40,46,50,79-81,86H,5-8,10-12,14-20,22-24,26,28-30,32,34-36,38,41-45,47-49,51-78H2,1-4H3,(H,91,92)(H,93,94)/b13-9-,25-21-,31-27-,37-33-,40-39-,50-46-/t79-,80+,81+/m0/s1. The summed E-state index contributed by atoms with van der Waals surface area (Å²) >= 11 is 0. The van der Waals surface area contributed by atoms with Crippen molar-refractivity contribution in [3.8, 4) is 0 Å². The van der Waals surface area contributed by atoms with Crippen molar-refractivity contribution in [2.24, 2.45) is 0 Å². The van der Waals surface area contributed by atoms with Crippen LogP contribution in [0.5, 0.6) is 0 Å². The van der Waals surface area contributed by atoms with Crippen LogP contribution in [-0.2, 0) is 65.4 Å². The number of carbonyl (C=O) groups excluding carboxylic acids is 4. The van der Waals surface area contributed by atoms with Crippen molar-refractivity contribution >= 4 is 39.5 Å². The van der Waals surface area contributed by atoms with Gasteiger partial charge in [0.25, 0.3) is 0 Å². The zero-order valence-corrected chi connectivity index (χ0v) is 68.2. The lowest BCUT2D eigenvalue weighted by Gasteiger charge is -2.21. The number of rotatable bonds is 80. The molecular formula is C85H154O17P2. The molecule has 5 atom stereocenters. The molecule has 0 radical (unpaired) electrons. The predicted octanol–water partition coefficient (Wildman–Crippen LogP) is 24.8. The Kier molecular flexibility index (Phi) is 75.0. The van der Waals surface area contributed by atoms with Crippen LogP contribution in [0.1, 0.15) is 387 Å². The van der Waals surface area contributed by atoms with Crippen molar-refractivity contribution in [1.82, 2.24) is 0 Å². The van der Waals surface area contributed by atoms with Crippen LogP contribution in [0.2, 0.25) is 0 Å². The van der Waals surface area contributed by atoms with E-state index < -0.39 is 97.5 Å². The molecule has 0 spiro atoms. The van der Waals surface area contributed by atoms with Gasteiger partial charge in [-0.25, -0.2) is 9.13 Å². The molecule has 0 fully saturated rings. The molecule has 3 N–H and O–H groups in total. The van der Waals surface area contributed by atoms with Gasteiger partial charge in [0.1, 0.15) is 19.3 Å². The van der Waals surface area contributed by atoms with E-state index in [2.05, 4.69) is 101 Å². The zero-order chi connectivity index (χ0) is 76.0. The SMILES string of the molecule is CC/C=C\C/C=C\C/C=C\C/C=C\C/C=C\CCCCCC(=O)OC[C@H](COP(=O)(O)OC[C@@H](O)COP(=O)(O)OC[C@@H](COC(=O)CCCCCCCCCCCCCCCCC)OC(=O)CCCCCCCCC/C=C\CCCCCC)OC(=O)CCCCCCCCCCCCCCCCC. The summed E-state index contributed by atoms with van der Waals surface area (Å²) in [5.74, 6) is -2.18. The van der Waals surface area contributed by atoms with Crippen LogP contribution in [0.15, 0.2) is 72.9 Å². The molecule has 0 saturated carbocycles. The molecule has 0 rings (SSSR count). The second kappa shape index (κ2) is 77.7. The summed E-state index contributed by atoms with van der Waals surface area (Å²) in [6, 6.07) is 0. The number of hydrogen-bond acceptors (Lipinski definition) is 15. The fraction of sp³-hybridized carbons (Fsp3) is 0.812. The molecule has 0 aliphatic carbocycles. The maximum Gasteiger partial charge on any atom is 0.472 e. The van der Waals surface area contributed by atoms with Crippen molar-refractivity contribution in [2.45, 2.75) is 406 Å². The van der Waals surface area contributed by atoms with Gasteiger partial charge < -0.3 is 33.8 Å².